The van der Waals surface area contributed by atoms with Crippen LogP contribution in [0.3, 0.4) is 0 Å². The van der Waals surface area contributed by atoms with Crippen molar-refractivity contribution in [3.05, 3.63) is 34.9 Å². The molecule has 0 aliphatic heterocycles. The lowest BCUT2D eigenvalue weighted by molar-refractivity contribution is 0.277. The molecule has 0 radical (unpaired) electrons. The maximum atomic E-state index is 10.8. The molecule has 0 heterocycles. The number of phenols is 1. The number of hydrogen-bond donors (Lipinski definition) is 1. The van der Waals surface area contributed by atoms with Crippen molar-refractivity contribution >= 4 is 0 Å². The van der Waals surface area contributed by atoms with Gasteiger partial charge in [0.2, 0.25) is 0 Å². The average molecular weight is 361 g/mol. The standard InChI is InChI=1S/C24H40O2/c1-17(2)11-10-12-18(3)13-14-26-19-15-20(23(4,5)6)22(25)21(16-19)24(7,8)9/h11,15-16,18,25H,10,12-14H2,1-9H3. The molecular formula is C24H40O2. The first-order valence-electron chi connectivity index (χ1n) is 9.96. The molecule has 0 aromatic heterocycles. The van der Waals surface area contributed by atoms with E-state index in [-0.39, 0.29) is 10.8 Å². The van der Waals surface area contributed by atoms with Crippen molar-refractivity contribution in [2.45, 2.75) is 92.4 Å². The molecule has 1 unspecified atom stereocenters. The van der Waals surface area contributed by atoms with Crippen LogP contribution in [0.4, 0.5) is 0 Å². The lowest BCUT2D eigenvalue weighted by Gasteiger charge is -2.28. The van der Waals surface area contributed by atoms with Crippen molar-refractivity contribution < 1.29 is 9.84 Å². The van der Waals surface area contributed by atoms with Gasteiger partial charge in [0.1, 0.15) is 11.5 Å². The fraction of sp³-hybridized carbons (Fsp3) is 0.667. The Morgan fingerprint density at radius 1 is 1.00 bits per heavy atom. The minimum absolute atomic E-state index is 0.124. The molecule has 1 atom stereocenters. The Bertz CT molecular complexity index is 573. The first-order valence-corrected chi connectivity index (χ1v) is 9.96. The van der Waals surface area contributed by atoms with Crippen LogP contribution in [0.1, 0.15) is 92.7 Å². The first-order chi connectivity index (χ1) is 11.8. The number of benzene rings is 1. The number of hydrogen-bond acceptors (Lipinski definition) is 2. The Morgan fingerprint density at radius 2 is 1.50 bits per heavy atom. The van der Waals surface area contributed by atoms with E-state index in [9.17, 15) is 5.11 Å². The van der Waals surface area contributed by atoms with E-state index in [0.717, 1.165) is 29.7 Å². The van der Waals surface area contributed by atoms with Gasteiger partial charge >= 0.3 is 0 Å². The monoisotopic (exact) mass is 360 g/mol. The fourth-order valence-electron chi connectivity index (χ4n) is 3.01. The molecule has 148 valence electrons. The second kappa shape index (κ2) is 8.97. The topological polar surface area (TPSA) is 29.5 Å². The summed E-state index contributed by atoms with van der Waals surface area (Å²) in [4.78, 5) is 0. The van der Waals surface area contributed by atoms with Gasteiger partial charge in [-0.25, -0.2) is 0 Å². The summed E-state index contributed by atoms with van der Waals surface area (Å²) in [5.41, 5.74) is 3.05. The highest BCUT2D eigenvalue weighted by Crippen LogP contribution is 2.41. The van der Waals surface area contributed by atoms with Gasteiger partial charge in [-0.05, 0) is 62.0 Å². The third-order valence-corrected chi connectivity index (χ3v) is 4.79. The predicted octanol–water partition coefficient (Wildman–Crippen LogP) is 7.14. The van der Waals surface area contributed by atoms with Crippen molar-refractivity contribution in [3.8, 4) is 11.5 Å². The van der Waals surface area contributed by atoms with Crippen molar-refractivity contribution in [3.63, 3.8) is 0 Å². The van der Waals surface area contributed by atoms with Gasteiger partial charge in [0.05, 0.1) is 6.61 Å². The predicted molar refractivity (Wildman–Crippen MR) is 113 cm³/mol. The minimum atomic E-state index is -0.124. The molecule has 0 aliphatic carbocycles. The average Bonchev–Trinajstić information content (AvgIpc) is 2.45. The smallest absolute Gasteiger partial charge is 0.123 e. The molecule has 0 saturated carbocycles. The van der Waals surface area contributed by atoms with Gasteiger partial charge in [-0.3, -0.25) is 0 Å². The summed E-state index contributed by atoms with van der Waals surface area (Å²) >= 11 is 0. The molecule has 0 aliphatic rings. The van der Waals surface area contributed by atoms with Crippen LogP contribution >= 0.6 is 0 Å². The van der Waals surface area contributed by atoms with Crippen LogP contribution in [-0.2, 0) is 10.8 Å². The molecule has 0 fully saturated rings. The third-order valence-electron chi connectivity index (χ3n) is 4.79. The molecule has 1 aromatic carbocycles. The van der Waals surface area contributed by atoms with E-state index < -0.39 is 0 Å². The maximum absolute atomic E-state index is 10.8. The van der Waals surface area contributed by atoms with E-state index in [1.165, 1.54) is 12.0 Å². The molecule has 1 N–H and O–H groups in total. The number of rotatable bonds is 7. The normalized spacial score (nSPS) is 13.4. The molecule has 0 spiro atoms. The summed E-state index contributed by atoms with van der Waals surface area (Å²) in [5, 5.41) is 10.8. The Morgan fingerprint density at radius 3 is 1.92 bits per heavy atom. The second-order valence-corrected chi connectivity index (χ2v) is 9.97. The SMILES string of the molecule is CC(C)=CCCC(C)CCOc1cc(C(C)(C)C)c(O)c(C(C)(C)C)c1. The zero-order valence-corrected chi connectivity index (χ0v) is 18.5. The molecule has 1 aromatic rings. The fourth-order valence-corrected chi connectivity index (χ4v) is 3.01. The zero-order chi connectivity index (χ0) is 20.1. The Kier molecular flexibility index (Phi) is 7.80. The van der Waals surface area contributed by atoms with E-state index in [1.54, 1.807) is 0 Å². The molecule has 1 rings (SSSR count). The number of ether oxygens (including phenoxy) is 1. The highest BCUT2D eigenvalue weighted by Gasteiger charge is 2.26. The Labute approximate surface area is 161 Å². The summed E-state index contributed by atoms with van der Waals surface area (Å²) in [6.45, 7) is 20.1. The highest BCUT2D eigenvalue weighted by molar-refractivity contribution is 5.51. The van der Waals surface area contributed by atoms with Crippen LogP contribution in [-0.4, -0.2) is 11.7 Å². The minimum Gasteiger partial charge on any atom is -0.507 e. The molecular weight excluding hydrogens is 320 g/mol. The Balaban J connectivity index is 2.85. The summed E-state index contributed by atoms with van der Waals surface area (Å²) in [6, 6.07) is 4.02. The first kappa shape index (κ1) is 22.6. The van der Waals surface area contributed by atoms with E-state index in [4.69, 9.17) is 4.74 Å². The van der Waals surface area contributed by atoms with Crippen LogP contribution < -0.4 is 4.74 Å². The van der Waals surface area contributed by atoms with Crippen LogP contribution in [0.2, 0.25) is 0 Å². The van der Waals surface area contributed by atoms with Crippen LogP contribution in [0.5, 0.6) is 11.5 Å². The number of aromatic hydroxyl groups is 1. The number of phenolic OH excluding ortho intramolecular Hbond substituents is 1. The van der Waals surface area contributed by atoms with Gasteiger partial charge in [-0.2, -0.15) is 0 Å². The molecule has 2 nitrogen and oxygen atoms in total. The van der Waals surface area contributed by atoms with Crippen molar-refractivity contribution in [2.24, 2.45) is 5.92 Å². The lowest BCUT2D eigenvalue weighted by Crippen LogP contribution is -2.17. The highest BCUT2D eigenvalue weighted by atomic mass is 16.5. The van der Waals surface area contributed by atoms with E-state index >= 15 is 0 Å². The van der Waals surface area contributed by atoms with Crippen LogP contribution in [0, 0.1) is 5.92 Å². The van der Waals surface area contributed by atoms with Crippen LogP contribution in [0.15, 0.2) is 23.8 Å². The molecule has 0 amide bonds. The molecule has 2 heteroatoms. The van der Waals surface area contributed by atoms with Gasteiger partial charge in [0.15, 0.2) is 0 Å². The quantitative estimate of drug-likeness (QED) is 0.524. The largest absolute Gasteiger partial charge is 0.507 e. The molecule has 0 saturated heterocycles. The summed E-state index contributed by atoms with van der Waals surface area (Å²) < 4.78 is 6.10. The Hall–Kier alpha value is -1.44. The number of allylic oxidation sites excluding steroid dienone is 2. The third kappa shape index (κ3) is 7.05. The lowest BCUT2D eigenvalue weighted by atomic mass is 9.79. The van der Waals surface area contributed by atoms with Crippen molar-refractivity contribution in [2.75, 3.05) is 6.61 Å². The molecule has 26 heavy (non-hydrogen) atoms. The maximum Gasteiger partial charge on any atom is 0.123 e. The summed E-state index contributed by atoms with van der Waals surface area (Å²) in [5.74, 6) is 1.92. The zero-order valence-electron chi connectivity index (χ0n) is 18.5. The summed E-state index contributed by atoms with van der Waals surface area (Å²) in [7, 11) is 0. The second-order valence-electron chi connectivity index (χ2n) is 9.97. The van der Waals surface area contributed by atoms with Gasteiger partial charge < -0.3 is 9.84 Å². The van der Waals surface area contributed by atoms with Gasteiger partial charge in [-0.1, -0.05) is 60.1 Å². The molecule has 0 bridgehead atoms. The van der Waals surface area contributed by atoms with Gasteiger partial charge in [0, 0.05) is 11.1 Å². The van der Waals surface area contributed by atoms with Gasteiger partial charge in [0.25, 0.3) is 0 Å². The van der Waals surface area contributed by atoms with Gasteiger partial charge in [-0.15, -0.1) is 0 Å². The van der Waals surface area contributed by atoms with E-state index in [1.807, 2.05) is 12.1 Å². The van der Waals surface area contributed by atoms with E-state index in [0.29, 0.717) is 18.3 Å². The van der Waals surface area contributed by atoms with Crippen LogP contribution in [0.25, 0.3) is 0 Å². The van der Waals surface area contributed by atoms with Crippen molar-refractivity contribution in [1.82, 2.24) is 0 Å². The van der Waals surface area contributed by atoms with E-state index in [2.05, 4.69) is 68.4 Å². The summed E-state index contributed by atoms with van der Waals surface area (Å²) in [6.07, 6.45) is 5.70. The van der Waals surface area contributed by atoms with Crippen molar-refractivity contribution in [1.29, 1.82) is 0 Å².